The molecule has 2 atom stereocenters. The van der Waals surface area contributed by atoms with Crippen LogP contribution < -0.4 is 10.1 Å². The zero-order valence-electron chi connectivity index (χ0n) is 15.3. The van der Waals surface area contributed by atoms with Crippen LogP contribution in [0.3, 0.4) is 0 Å². The van der Waals surface area contributed by atoms with Gasteiger partial charge in [-0.05, 0) is 31.0 Å². The fourth-order valence-corrected chi connectivity index (χ4v) is 3.15. The van der Waals surface area contributed by atoms with Crippen LogP contribution in [0.4, 0.5) is 4.79 Å². The predicted molar refractivity (Wildman–Crippen MR) is 102 cm³/mol. The average Bonchev–Trinajstić information content (AvgIpc) is 3.10. The van der Waals surface area contributed by atoms with Gasteiger partial charge in [-0.2, -0.15) is 0 Å². The van der Waals surface area contributed by atoms with Crippen LogP contribution in [0.15, 0.2) is 60.7 Å². The van der Waals surface area contributed by atoms with Crippen molar-refractivity contribution in [1.82, 2.24) is 10.2 Å². The van der Waals surface area contributed by atoms with Gasteiger partial charge in [0.2, 0.25) is 0 Å². The molecule has 1 aliphatic heterocycles. The van der Waals surface area contributed by atoms with E-state index in [9.17, 15) is 14.7 Å². The Balaban J connectivity index is 1.68. The Kier molecular flexibility index (Phi) is 5.64. The van der Waals surface area contributed by atoms with Crippen molar-refractivity contribution in [2.75, 3.05) is 19.7 Å². The number of carboxylic acids is 1. The van der Waals surface area contributed by atoms with E-state index in [1.807, 2.05) is 60.7 Å². The van der Waals surface area contributed by atoms with E-state index in [2.05, 4.69) is 5.32 Å². The number of likely N-dealkylation sites (tertiary alicyclic amines) is 1. The molecule has 1 saturated heterocycles. The van der Waals surface area contributed by atoms with E-state index in [0.29, 0.717) is 13.0 Å². The minimum absolute atomic E-state index is 0.204. The van der Waals surface area contributed by atoms with Crippen LogP contribution in [-0.4, -0.2) is 41.7 Å². The van der Waals surface area contributed by atoms with Crippen molar-refractivity contribution in [3.63, 3.8) is 0 Å². The summed E-state index contributed by atoms with van der Waals surface area (Å²) in [7, 11) is 0. The van der Waals surface area contributed by atoms with E-state index in [-0.39, 0.29) is 25.2 Å². The smallest absolute Gasteiger partial charge is 0.318 e. The maximum Gasteiger partial charge on any atom is 0.318 e. The fourth-order valence-electron chi connectivity index (χ4n) is 3.15. The summed E-state index contributed by atoms with van der Waals surface area (Å²) in [6.07, 6.45) is 0.451. The highest BCUT2D eigenvalue weighted by Gasteiger charge is 2.42. The number of hydrogen-bond acceptors (Lipinski definition) is 3. The van der Waals surface area contributed by atoms with Gasteiger partial charge < -0.3 is 20.1 Å². The van der Waals surface area contributed by atoms with Gasteiger partial charge in [-0.3, -0.25) is 4.79 Å². The van der Waals surface area contributed by atoms with E-state index >= 15 is 0 Å². The van der Waals surface area contributed by atoms with E-state index in [1.54, 1.807) is 11.8 Å². The first-order chi connectivity index (χ1) is 13.0. The predicted octanol–water partition coefficient (Wildman–Crippen LogP) is 3.31. The molecule has 0 radical (unpaired) electrons. The number of nitrogens with one attached hydrogen (secondary N) is 1. The molecule has 6 nitrogen and oxygen atoms in total. The molecule has 0 saturated carbocycles. The Labute approximate surface area is 158 Å². The molecule has 1 fully saturated rings. The Morgan fingerprint density at radius 2 is 1.78 bits per heavy atom. The lowest BCUT2D eigenvalue weighted by Gasteiger charge is -2.25. The Bertz CT molecular complexity index is 781. The van der Waals surface area contributed by atoms with Gasteiger partial charge in [0.05, 0.1) is 11.5 Å². The van der Waals surface area contributed by atoms with E-state index in [1.165, 1.54) is 0 Å². The minimum Gasteiger partial charge on any atom is -0.491 e. The number of carboxylic acid groups (broad SMARTS) is 1. The molecule has 2 unspecified atom stereocenters. The topological polar surface area (TPSA) is 78.9 Å². The van der Waals surface area contributed by atoms with Gasteiger partial charge in [-0.25, -0.2) is 4.79 Å². The number of nitrogens with zero attached hydrogens (tertiary/aromatic N) is 1. The lowest BCUT2D eigenvalue weighted by atomic mass is 9.90. The van der Waals surface area contributed by atoms with Gasteiger partial charge in [0.25, 0.3) is 0 Å². The third kappa shape index (κ3) is 4.58. The quantitative estimate of drug-likeness (QED) is 0.820. The molecule has 2 amide bonds. The van der Waals surface area contributed by atoms with Gasteiger partial charge in [-0.1, -0.05) is 48.5 Å². The minimum atomic E-state index is -0.889. The van der Waals surface area contributed by atoms with Crippen molar-refractivity contribution in [1.29, 1.82) is 0 Å². The molecular formula is C21H24N2O4. The molecule has 142 valence electrons. The molecule has 0 aliphatic carbocycles. The van der Waals surface area contributed by atoms with Gasteiger partial charge in [-0.15, -0.1) is 0 Å². The summed E-state index contributed by atoms with van der Waals surface area (Å²) in [4.78, 5) is 25.7. The number of carbonyl (C=O) groups excluding carboxylic acids is 1. The monoisotopic (exact) mass is 368 g/mol. The lowest BCUT2D eigenvalue weighted by Crippen LogP contribution is -2.43. The van der Waals surface area contributed by atoms with Crippen molar-refractivity contribution in [2.45, 2.75) is 19.4 Å². The third-order valence-electron chi connectivity index (χ3n) is 4.94. The van der Waals surface area contributed by atoms with Gasteiger partial charge in [0, 0.05) is 13.1 Å². The first kappa shape index (κ1) is 18.8. The molecule has 0 spiro atoms. The van der Waals surface area contributed by atoms with Crippen molar-refractivity contribution in [3.05, 3.63) is 66.2 Å². The maximum atomic E-state index is 12.7. The standard InChI is InChI=1S/C21H24N2O4/c1-21(19(24)25)12-13-23(15-21)20(26)22-18(16-8-4-2-5-9-16)14-27-17-10-6-3-7-11-17/h2-11,18H,12-15H2,1H3,(H,22,26)(H,24,25). The summed E-state index contributed by atoms with van der Waals surface area (Å²) < 4.78 is 5.84. The summed E-state index contributed by atoms with van der Waals surface area (Å²) in [5.41, 5.74) is 0.0436. The van der Waals surface area contributed by atoms with Crippen LogP contribution in [0.1, 0.15) is 24.9 Å². The molecule has 2 aromatic carbocycles. The second-order valence-electron chi connectivity index (χ2n) is 7.07. The second kappa shape index (κ2) is 8.12. The average molecular weight is 368 g/mol. The van der Waals surface area contributed by atoms with Gasteiger partial charge in [0.15, 0.2) is 0 Å². The molecule has 27 heavy (non-hydrogen) atoms. The molecule has 0 aromatic heterocycles. The number of amides is 2. The second-order valence-corrected chi connectivity index (χ2v) is 7.07. The zero-order valence-corrected chi connectivity index (χ0v) is 15.3. The van der Waals surface area contributed by atoms with Crippen molar-refractivity contribution >= 4 is 12.0 Å². The number of benzene rings is 2. The molecule has 2 aromatic rings. The largest absolute Gasteiger partial charge is 0.491 e. The van der Waals surface area contributed by atoms with E-state index < -0.39 is 11.4 Å². The fraction of sp³-hybridized carbons (Fsp3) is 0.333. The van der Waals surface area contributed by atoms with Crippen LogP contribution >= 0.6 is 0 Å². The summed E-state index contributed by atoms with van der Waals surface area (Å²) in [5, 5.41) is 12.4. The SMILES string of the molecule is CC1(C(=O)O)CCN(C(=O)NC(COc2ccccc2)c2ccccc2)C1. The normalized spacial score (nSPS) is 20.1. The first-order valence-corrected chi connectivity index (χ1v) is 8.99. The molecule has 1 heterocycles. The van der Waals surface area contributed by atoms with Crippen LogP contribution in [-0.2, 0) is 4.79 Å². The highest BCUT2D eigenvalue weighted by Crippen LogP contribution is 2.30. The van der Waals surface area contributed by atoms with Crippen LogP contribution in [0.5, 0.6) is 5.75 Å². The van der Waals surface area contributed by atoms with E-state index in [0.717, 1.165) is 11.3 Å². The highest BCUT2D eigenvalue weighted by molar-refractivity contribution is 5.79. The number of aliphatic carboxylic acids is 1. The van der Waals surface area contributed by atoms with Gasteiger partial charge in [0.1, 0.15) is 12.4 Å². The molecule has 3 rings (SSSR count). The summed E-state index contributed by atoms with van der Waals surface area (Å²) in [5.74, 6) is -0.142. The van der Waals surface area contributed by atoms with Crippen molar-refractivity contribution in [2.24, 2.45) is 5.41 Å². The summed E-state index contributed by atoms with van der Waals surface area (Å²) in [6, 6.07) is 18.4. The number of ether oxygens (including phenoxy) is 1. The highest BCUT2D eigenvalue weighted by atomic mass is 16.5. The Hall–Kier alpha value is -3.02. The lowest BCUT2D eigenvalue weighted by molar-refractivity contribution is -0.147. The Morgan fingerprint density at radius 1 is 1.15 bits per heavy atom. The van der Waals surface area contributed by atoms with Crippen LogP contribution in [0.2, 0.25) is 0 Å². The van der Waals surface area contributed by atoms with Crippen molar-refractivity contribution in [3.8, 4) is 5.75 Å². The van der Waals surface area contributed by atoms with Crippen LogP contribution in [0.25, 0.3) is 0 Å². The van der Waals surface area contributed by atoms with Crippen molar-refractivity contribution < 1.29 is 19.4 Å². The number of para-hydroxylation sites is 1. The van der Waals surface area contributed by atoms with Crippen LogP contribution in [0, 0.1) is 5.41 Å². The molecule has 1 aliphatic rings. The Morgan fingerprint density at radius 3 is 2.37 bits per heavy atom. The maximum absolute atomic E-state index is 12.7. The zero-order chi connectivity index (χ0) is 19.3. The third-order valence-corrected chi connectivity index (χ3v) is 4.94. The summed E-state index contributed by atoms with van der Waals surface area (Å²) in [6.45, 7) is 2.59. The van der Waals surface area contributed by atoms with E-state index in [4.69, 9.17) is 4.74 Å². The van der Waals surface area contributed by atoms with Gasteiger partial charge >= 0.3 is 12.0 Å². The molecular weight excluding hydrogens is 344 g/mol. The summed E-state index contributed by atoms with van der Waals surface area (Å²) >= 11 is 0. The molecule has 0 bridgehead atoms. The molecule has 6 heteroatoms. The first-order valence-electron chi connectivity index (χ1n) is 8.99. The molecule has 2 N–H and O–H groups in total. The number of rotatable bonds is 6. The number of urea groups is 1. The number of carbonyl (C=O) groups is 2. The number of hydrogen-bond donors (Lipinski definition) is 2.